The van der Waals surface area contributed by atoms with E-state index in [2.05, 4.69) is 34.3 Å². The molecule has 2 heterocycles. The maximum absolute atomic E-state index is 12.5. The largest absolute Gasteiger partial charge is 0.490 e. The van der Waals surface area contributed by atoms with Gasteiger partial charge < -0.3 is 20.2 Å². The number of carbonyl (C=O) groups is 2. The number of rotatable bonds is 7. The fraction of sp³-hybridized carbons (Fsp3) is 0.560. The van der Waals surface area contributed by atoms with Crippen molar-refractivity contribution in [1.29, 1.82) is 0 Å². The first-order valence-corrected chi connectivity index (χ1v) is 12.9. The summed E-state index contributed by atoms with van der Waals surface area (Å²) in [5.74, 6) is -2.08. The Balaban J connectivity index is 0.000000454. The summed E-state index contributed by atoms with van der Waals surface area (Å²) in [6.45, 7) is 7.76. The molecule has 36 heavy (non-hydrogen) atoms. The summed E-state index contributed by atoms with van der Waals surface area (Å²) in [4.78, 5) is 32.1. The van der Waals surface area contributed by atoms with E-state index < -0.39 is 12.1 Å². The Kier molecular flexibility index (Phi) is 9.86. The number of likely N-dealkylation sites (N-methyl/N-ethyl adjacent to an activating group) is 1. The van der Waals surface area contributed by atoms with Gasteiger partial charge in [-0.25, -0.2) is 9.78 Å². The van der Waals surface area contributed by atoms with E-state index >= 15 is 0 Å². The Morgan fingerprint density at radius 3 is 2.28 bits per heavy atom. The van der Waals surface area contributed by atoms with Crippen LogP contribution in [0.4, 0.5) is 18.9 Å². The number of halogens is 3. The Morgan fingerprint density at radius 1 is 1.14 bits per heavy atom. The zero-order valence-corrected chi connectivity index (χ0v) is 21.4. The molecule has 1 saturated heterocycles. The van der Waals surface area contributed by atoms with Crippen LogP contribution >= 0.6 is 11.3 Å². The van der Waals surface area contributed by atoms with Gasteiger partial charge in [0.2, 0.25) is 5.91 Å². The van der Waals surface area contributed by atoms with Crippen molar-refractivity contribution in [3.8, 4) is 0 Å². The number of carboxylic acid groups (broad SMARTS) is 1. The summed E-state index contributed by atoms with van der Waals surface area (Å²) in [6, 6.07) is 8.32. The van der Waals surface area contributed by atoms with E-state index in [1.807, 2.05) is 19.1 Å². The molecule has 2 fully saturated rings. The molecule has 0 atom stereocenters. The van der Waals surface area contributed by atoms with Gasteiger partial charge in [0.05, 0.1) is 17.1 Å². The van der Waals surface area contributed by atoms with Crippen LogP contribution in [0, 0.1) is 6.92 Å². The van der Waals surface area contributed by atoms with Crippen molar-refractivity contribution >= 4 is 28.9 Å². The molecule has 198 valence electrons. The highest BCUT2D eigenvalue weighted by Gasteiger charge is 2.38. The molecule has 0 bridgehead atoms. The van der Waals surface area contributed by atoms with Crippen LogP contribution in [0.1, 0.15) is 46.3 Å². The first-order chi connectivity index (χ1) is 17.0. The van der Waals surface area contributed by atoms with Crippen LogP contribution in [0.15, 0.2) is 24.3 Å². The molecule has 0 spiro atoms. The molecule has 1 aromatic heterocycles. The molecule has 2 aliphatic rings. The van der Waals surface area contributed by atoms with E-state index in [9.17, 15) is 18.0 Å². The van der Waals surface area contributed by atoms with Crippen LogP contribution in [0.3, 0.4) is 0 Å². The van der Waals surface area contributed by atoms with Crippen molar-refractivity contribution in [3.05, 3.63) is 45.4 Å². The van der Waals surface area contributed by atoms with E-state index in [0.29, 0.717) is 12.3 Å². The van der Waals surface area contributed by atoms with Crippen molar-refractivity contribution in [2.24, 2.45) is 0 Å². The van der Waals surface area contributed by atoms with Gasteiger partial charge in [-0.1, -0.05) is 18.6 Å². The molecule has 2 N–H and O–H groups in total. The van der Waals surface area contributed by atoms with Crippen LogP contribution in [0.5, 0.6) is 0 Å². The molecule has 0 unspecified atom stereocenters. The highest BCUT2D eigenvalue weighted by Crippen LogP contribution is 2.39. The average molecular weight is 527 g/mol. The molecular formula is C25H33F3N4O3S. The maximum atomic E-state index is 12.5. The van der Waals surface area contributed by atoms with Crippen LogP contribution in [0.25, 0.3) is 0 Å². The summed E-state index contributed by atoms with van der Waals surface area (Å²) in [5, 5.41) is 11.4. The molecular weight excluding hydrogens is 493 g/mol. The number of hydrogen-bond donors (Lipinski definition) is 2. The van der Waals surface area contributed by atoms with Crippen molar-refractivity contribution in [2.75, 3.05) is 45.1 Å². The third-order valence-corrected chi connectivity index (χ3v) is 7.80. The first-order valence-electron chi connectivity index (χ1n) is 12.1. The van der Waals surface area contributed by atoms with Gasteiger partial charge >= 0.3 is 12.1 Å². The van der Waals surface area contributed by atoms with Gasteiger partial charge in [-0.3, -0.25) is 4.79 Å². The number of nitrogens with zero attached hydrogens (tertiary/aromatic N) is 3. The Bertz CT molecular complexity index is 1010. The summed E-state index contributed by atoms with van der Waals surface area (Å²) >= 11 is 1.73. The molecule has 1 aromatic carbocycles. The zero-order chi connectivity index (χ0) is 26.3. The molecule has 1 saturated carbocycles. The van der Waals surface area contributed by atoms with E-state index in [1.54, 1.807) is 11.3 Å². The monoisotopic (exact) mass is 526 g/mol. The topological polar surface area (TPSA) is 85.8 Å². The number of hydrogen-bond acceptors (Lipinski definition) is 6. The fourth-order valence-corrected chi connectivity index (χ4v) is 5.14. The minimum atomic E-state index is -5.08. The molecule has 2 aromatic rings. The number of aryl methyl sites for hydroxylation is 1. The highest BCUT2D eigenvalue weighted by atomic mass is 32.1. The molecule has 1 amide bonds. The van der Waals surface area contributed by atoms with Crippen LogP contribution in [-0.2, 0) is 22.4 Å². The summed E-state index contributed by atoms with van der Waals surface area (Å²) < 4.78 is 31.7. The van der Waals surface area contributed by atoms with Gasteiger partial charge in [0.25, 0.3) is 0 Å². The number of piperazine rings is 1. The number of amides is 1. The average Bonchev–Trinajstić information content (AvgIpc) is 3.12. The highest BCUT2D eigenvalue weighted by molar-refractivity contribution is 7.12. The number of anilines is 1. The standard InChI is InChI=1S/C23H32N4OS.C2HF3O2/c1-17-21(29-23(24-17)19-4-3-5-19)16-22(28)25-20-8-6-18(7-9-20)10-11-27-14-12-26(2)13-15-27;3-2(4,5)1(6)7/h6-9,19H,3-5,10-16H2,1-2H3,(H,25,28);(H,6,7). The van der Waals surface area contributed by atoms with Gasteiger partial charge in [0.1, 0.15) is 0 Å². The Morgan fingerprint density at radius 2 is 1.75 bits per heavy atom. The second-order valence-electron chi connectivity index (χ2n) is 9.31. The number of alkyl halides is 3. The molecule has 1 aliphatic carbocycles. The summed E-state index contributed by atoms with van der Waals surface area (Å²) in [5.41, 5.74) is 3.22. The minimum Gasteiger partial charge on any atom is -0.475 e. The zero-order valence-electron chi connectivity index (χ0n) is 20.6. The summed E-state index contributed by atoms with van der Waals surface area (Å²) in [6.07, 6.45) is 0.202. The lowest BCUT2D eigenvalue weighted by molar-refractivity contribution is -0.192. The van der Waals surface area contributed by atoms with E-state index in [0.717, 1.165) is 55.4 Å². The Hall–Kier alpha value is -2.50. The lowest BCUT2D eigenvalue weighted by Crippen LogP contribution is -2.45. The molecule has 4 rings (SSSR count). The quantitative estimate of drug-likeness (QED) is 0.559. The molecule has 11 heteroatoms. The maximum Gasteiger partial charge on any atom is 0.490 e. The lowest BCUT2D eigenvalue weighted by Gasteiger charge is -2.32. The number of carboxylic acids is 1. The van der Waals surface area contributed by atoms with Crippen molar-refractivity contribution in [1.82, 2.24) is 14.8 Å². The third kappa shape index (κ3) is 8.56. The smallest absolute Gasteiger partial charge is 0.475 e. The van der Waals surface area contributed by atoms with Gasteiger partial charge in [0, 0.05) is 49.2 Å². The van der Waals surface area contributed by atoms with Crippen LogP contribution < -0.4 is 5.32 Å². The second-order valence-corrected chi connectivity index (χ2v) is 10.4. The van der Waals surface area contributed by atoms with Crippen molar-refractivity contribution < 1.29 is 27.9 Å². The Labute approximate surface area is 213 Å². The fourth-order valence-electron chi connectivity index (χ4n) is 3.91. The molecule has 1 aliphatic heterocycles. The van der Waals surface area contributed by atoms with E-state index in [-0.39, 0.29) is 5.91 Å². The second kappa shape index (κ2) is 12.6. The number of aliphatic carboxylic acids is 1. The number of thiazole rings is 1. The van der Waals surface area contributed by atoms with Crippen molar-refractivity contribution in [3.63, 3.8) is 0 Å². The predicted octanol–water partition coefficient (Wildman–Crippen LogP) is 4.32. The van der Waals surface area contributed by atoms with E-state index in [1.165, 1.54) is 29.8 Å². The predicted molar refractivity (Wildman–Crippen MR) is 134 cm³/mol. The van der Waals surface area contributed by atoms with Gasteiger partial charge in [-0.15, -0.1) is 11.3 Å². The number of benzene rings is 1. The van der Waals surface area contributed by atoms with Gasteiger partial charge in [-0.05, 0) is 50.9 Å². The SMILES string of the molecule is Cc1nc(C2CCC2)sc1CC(=O)Nc1ccc(CCN2CCN(C)CC2)cc1.O=C(O)C(F)(F)F. The van der Waals surface area contributed by atoms with Crippen LogP contribution in [0.2, 0.25) is 0 Å². The molecule has 0 radical (unpaired) electrons. The van der Waals surface area contributed by atoms with Gasteiger partial charge in [-0.2, -0.15) is 13.2 Å². The van der Waals surface area contributed by atoms with Gasteiger partial charge in [0.15, 0.2) is 0 Å². The normalized spacial score (nSPS) is 17.1. The lowest BCUT2D eigenvalue weighted by atomic mass is 9.86. The van der Waals surface area contributed by atoms with Crippen LogP contribution in [-0.4, -0.2) is 77.7 Å². The van der Waals surface area contributed by atoms with E-state index in [4.69, 9.17) is 14.9 Å². The third-order valence-electron chi connectivity index (χ3n) is 6.48. The van der Waals surface area contributed by atoms with Crippen molar-refractivity contribution in [2.45, 2.75) is 51.1 Å². The first kappa shape index (κ1) is 28.1. The minimum absolute atomic E-state index is 0.0436. The summed E-state index contributed by atoms with van der Waals surface area (Å²) in [7, 11) is 2.19. The number of aromatic nitrogens is 1. The molecule has 7 nitrogen and oxygen atoms in total. The number of nitrogens with one attached hydrogen (secondary N) is 1. The number of carbonyl (C=O) groups excluding carboxylic acids is 1.